The van der Waals surface area contributed by atoms with Crippen LogP contribution in [0.25, 0.3) is 0 Å². The van der Waals surface area contributed by atoms with Crippen LogP contribution in [-0.2, 0) is 9.53 Å². The van der Waals surface area contributed by atoms with Gasteiger partial charge in [0.2, 0.25) is 5.78 Å². The molecule has 3 rings (SSSR count). The zero-order chi connectivity index (χ0) is 20.8. The number of rotatable bonds is 7. The first-order chi connectivity index (χ1) is 13.9. The van der Waals surface area contributed by atoms with Crippen molar-refractivity contribution in [3.05, 3.63) is 99.0 Å². The number of halogens is 3. The van der Waals surface area contributed by atoms with Crippen molar-refractivity contribution in [2.75, 3.05) is 6.61 Å². The summed E-state index contributed by atoms with van der Waals surface area (Å²) in [6, 6.07) is 19.7. The molecule has 3 aromatic carbocycles. The van der Waals surface area contributed by atoms with E-state index in [9.17, 15) is 9.59 Å². The number of Topliss-reactive ketones (excluding diaryl/α,β-unsaturated/α-hetero) is 1. The minimum absolute atomic E-state index is 0.264. The third-order valence-electron chi connectivity index (χ3n) is 3.96. The minimum Gasteiger partial charge on any atom is -0.480 e. The topological polar surface area (TPSA) is 52.6 Å². The van der Waals surface area contributed by atoms with Gasteiger partial charge in [-0.25, -0.2) is 4.79 Å². The normalized spacial score (nSPS) is 11.6. The molecule has 0 aromatic heterocycles. The van der Waals surface area contributed by atoms with Crippen molar-refractivity contribution in [2.24, 2.45) is 0 Å². The number of benzene rings is 3. The average molecular weight is 450 g/mol. The first-order valence-electron chi connectivity index (χ1n) is 8.56. The number of hydrogen-bond acceptors (Lipinski definition) is 4. The smallest absolute Gasteiger partial charge is 0.345 e. The monoisotopic (exact) mass is 448 g/mol. The van der Waals surface area contributed by atoms with E-state index in [1.165, 1.54) is 6.07 Å². The molecule has 3 aromatic rings. The minimum atomic E-state index is -1.13. The van der Waals surface area contributed by atoms with E-state index in [1.54, 1.807) is 66.7 Å². The maximum absolute atomic E-state index is 12.9. The molecule has 0 saturated heterocycles. The first kappa shape index (κ1) is 21.2. The second-order valence-electron chi connectivity index (χ2n) is 6.02. The molecule has 0 saturated carbocycles. The summed E-state index contributed by atoms with van der Waals surface area (Å²) in [6.45, 7) is -0.423. The van der Waals surface area contributed by atoms with E-state index in [-0.39, 0.29) is 16.6 Å². The summed E-state index contributed by atoms with van der Waals surface area (Å²) in [4.78, 5) is 25.3. The Morgan fingerprint density at radius 1 is 0.828 bits per heavy atom. The molecule has 0 aliphatic carbocycles. The summed E-state index contributed by atoms with van der Waals surface area (Å²) in [6.07, 6.45) is -1.13. The van der Waals surface area contributed by atoms with Gasteiger partial charge in [0.25, 0.3) is 0 Å². The van der Waals surface area contributed by atoms with Crippen LogP contribution in [0.3, 0.4) is 0 Å². The Balaban J connectivity index is 1.76. The number of hydrogen-bond donors (Lipinski definition) is 0. The molecular formula is C22H15Cl3O4. The molecule has 0 unspecified atom stereocenters. The van der Waals surface area contributed by atoms with E-state index in [2.05, 4.69) is 0 Å². The Hall–Kier alpha value is -2.53. The Bertz CT molecular complexity index is 1000. The van der Waals surface area contributed by atoms with E-state index in [0.717, 1.165) is 0 Å². The van der Waals surface area contributed by atoms with E-state index >= 15 is 0 Å². The summed E-state index contributed by atoms with van der Waals surface area (Å²) < 4.78 is 10.8. The van der Waals surface area contributed by atoms with E-state index in [0.29, 0.717) is 21.2 Å². The number of carbonyl (C=O) groups is 2. The largest absolute Gasteiger partial charge is 0.480 e. The second kappa shape index (κ2) is 9.79. The van der Waals surface area contributed by atoms with Gasteiger partial charge in [0, 0.05) is 21.2 Å². The Morgan fingerprint density at radius 2 is 1.48 bits per heavy atom. The second-order valence-corrected chi connectivity index (χ2v) is 7.30. The van der Waals surface area contributed by atoms with E-state index in [4.69, 9.17) is 44.3 Å². The molecule has 148 valence electrons. The van der Waals surface area contributed by atoms with Crippen molar-refractivity contribution in [3.63, 3.8) is 0 Å². The lowest BCUT2D eigenvalue weighted by molar-refractivity contribution is -0.149. The number of esters is 1. The van der Waals surface area contributed by atoms with Gasteiger partial charge in [-0.3, -0.25) is 4.79 Å². The van der Waals surface area contributed by atoms with E-state index in [1.807, 2.05) is 0 Å². The molecule has 4 nitrogen and oxygen atoms in total. The molecule has 7 heteroatoms. The van der Waals surface area contributed by atoms with Crippen molar-refractivity contribution in [2.45, 2.75) is 6.10 Å². The summed E-state index contributed by atoms with van der Waals surface area (Å²) in [5.74, 6) is -0.795. The van der Waals surface area contributed by atoms with Crippen LogP contribution in [0.15, 0.2) is 72.8 Å². The molecule has 0 heterocycles. The number of ketones is 1. The standard InChI is InChI=1S/C22H15Cl3O4/c23-16-8-6-15(7-9-16)22(21(27)14-4-2-1-3-5-14)29-20(26)13-28-19-11-10-17(24)12-18(19)25/h1-12,22H,13H2/t22-/m0/s1. The van der Waals surface area contributed by atoms with E-state index < -0.39 is 18.7 Å². The van der Waals surface area contributed by atoms with Gasteiger partial charge in [0.15, 0.2) is 12.7 Å². The zero-order valence-corrected chi connectivity index (χ0v) is 17.2. The van der Waals surface area contributed by atoms with Gasteiger partial charge in [0.05, 0.1) is 5.02 Å². The quantitative estimate of drug-likeness (QED) is 0.319. The number of carbonyl (C=O) groups excluding carboxylic acids is 2. The zero-order valence-electron chi connectivity index (χ0n) is 15.0. The molecule has 0 aliphatic heterocycles. The van der Waals surface area contributed by atoms with Crippen molar-refractivity contribution in [3.8, 4) is 5.75 Å². The maximum atomic E-state index is 12.9. The molecule has 0 amide bonds. The molecule has 0 bridgehead atoms. The highest BCUT2D eigenvalue weighted by Crippen LogP contribution is 2.28. The van der Waals surface area contributed by atoms with Crippen LogP contribution in [0, 0.1) is 0 Å². The van der Waals surface area contributed by atoms with Crippen LogP contribution < -0.4 is 4.74 Å². The fourth-order valence-electron chi connectivity index (χ4n) is 2.56. The summed E-state index contributed by atoms with van der Waals surface area (Å²) in [7, 11) is 0. The Kier molecular flexibility index (Phi) is 7.15. The van der Waals surface area contributed by atoms with Crippen LogP contribution >= 0.6 is 34.8 Å². The van der Waals surface area contributed by atoms with Crippen molar-refractivity contribution in [1.29, 1.82) is 0 Å². The first-order valence-corrected chi connectivity index (χ1v) is 9.69. The fraction of sp³-hybridized carbons (Fsp3) is 0.0909. The molecular weight excluding hydrogens is 435 g/mol. The fourth-order valence-corrected chi connectivity index (χ4v) is 3.15. The van der Waals surface area contributed by atoms with Gasteiger partial charge in [-0.2, -0.15) is 0 Å². The van der Waals surface area contributed by atoms with Crippen LogP contribution in [-0.4, -0.2) is 18.4 Å². The van der Waals surface area contributed by atoms with Crippen LogP contribution in [0.4, 0.5) is 0 Å². The van der Waals surface area contributed by atoms with Crippen LogP contribution in [0.2, 0.25) is 15.1 Å². The van der Waals surface area contributed by atoms with Gasteiger partial charge in [-0.15, -0.1) is 0 Å². The van der Waals surface area contributed by atoms with Gasteiger partial charge < -0.3 is 9.47 Å². The molecule has 29 heavy (non-hydrogen) atoms. The summed E-state index contributed by atoms with van der Waals surface area (Å²) >= 11 is 17.8. The predicted molar refractivity (Wildman–Crippen MR) is 113 cm³/mol. The Morgan fingerprint density at radius 3 is 2.14 bits per heavy atom. The highest BCUT2D eigenvalue weighted by atomic mass is 35.5. The van der Waals surface area contributed by atoms with Crippen LogP contribution in [0.5, 0.6) is 5.75 Å². The number of ether oxygens (including phenoxy) is 2. The van der Waals surface area contributed by atoms with Gasteiger partial charge >= 0.3 is 5.97 Å². The summed E-state index contributed by atoms with van der Waals surface area (Å²) in [5.41, 5.74) is 0.919. The van der Waals surface area contributed by atoms with Crippen molar-refractivity contribution in [1.82, 2.24) is 0 Å². The van der Waals surface area contributed by atoms with Crippen LogP contribution in [0.1, 0.15) is 22.0 Å². The van der Waals surface area contributed by atoms with Gasteiger partial charge in [-0.05, 0) is 30.3 Å². The molecule has 0 radical (unpaired) electrons. The molecule has 0 aliphatic rings. The maximum Gasteiger partial charge on any atom is 0.345 e. The lowest BCUT2D eigenvalue weighted by atomic mass is 10.00. The summed E-state index contributed by atoms with van der Waals surface area (Å²) in [5, 5.41) is 1.22. The lowest BCUT2D eigenvalue weighted by Crippen LogP contribution is -2.23. The highest BCUT2D eigenvalue weighted by molar-refractivity contribution is 6.35. The Labute approximate surface area is 182 Å². The predicted octanol–water partition coefficient (Wildman–Crippen LogP) is 6.19. The van der Waals surface area contributed by atoms with Crippen molar-refractivity contribution >= 4 is 46.6 Å². The third-order valence-corrected chi connectivity index (χ3v) is 4.74. The van der Waals surface area contributed by atoms with Gasteiger partial charge in [0.1, 0.15) is 5.75 Å². The van der Waals surface area contributed by atoms with Gasteiger partial charge in [-0.1, -0.05) is 77.3 Å². The third kappa shape index (κ3) is 5.73. The lowest BCUT2D eigenvalue weighted by Gasteiger charge is -2.18. The SMILES string of the molecule is O=C(COc1ccc(Cl)cc1Cl)O[C@H](C(=O)c1ccccc1)c1ccc(Cl)cc1. The average Bonchev–Trinajstić information content (AvgIpc) is 2.72. The molecule has 1 atom stereocenters. The molecule has 0 fully saturated rings. The molecule has 0 N–H and O–H groups in total. The molecule has 0 spiro atoms. The highest BCUT2D eigenvalue weighted by Gasteiger charge is 2.26. The van der Waals surface area contributed by atoms with Crippen molar-refractivity contribution < 1.29 is 19.1 Å².